The minimum atomic E-state index is -4.52. The van der Waals surface area contributed by atoms with Crippen LogP contribution in [0.15, 0.2) is 41.3 Å². The number of aromatic nitrogens is 1. The maximum atomic E-state index is 13.1. The number of fused-ring (bicyclic) bond motifs is 1. The summed E-state index contributed by atoms with van der Waals surface area (Å²) in [5.74, 6) is 0.162. The van der Waals surface area contributed by atoms with Crippen LogP contribution in [0, 0.1) is 0 Å². The second kappa shape index (κ2) is 11.3. The van der Waals surface area contributed by atoms with E-state index in [0.29, 0.717) is 26.5 Å². The number of hydrogen-bond acceptors (Lipinski definition) is 5. The van der Waals surface area contributed by atoms with Crippen LogP contribution in [0.2, 0.25) is 0 Å². The van der Waals surface area contributed by atoms with Crippen LogP contribution in [0.1, 0.15) is 68.1 Å². The van der Waals surface area contributed by atoms with Crippen LogP contribution in [0.4, 0.5) is 13.2 Å². The molecule has 1 amide bonds. The molecule has 204 valence electrons. The molecule has 0 bridgehead atoms. The quantitative estimate of drug-likeness (QED) is 0.326. The first-order valence-corrected chi connectivity index (χ1v) is 14.9. The molecule has 5 rings (SSSR count). The highest BCUT2D eigenvalue weighted by atomic mass is 32.2. The Labute approximate surface area is 226 Å². The first-order chi connectivity index (χ1) is 18.2. The molecule has 6 nitrogen and oxygen atoms in total. The fourth-order valence-electron chi connectivity index (χ4n) is 4.72. The van der Waals surface area contributed by atoms with Gasteiger partial charge in [-0.15, -0.1) is 11.3 Å². The fraction of sp³-hybridized carbons (Fsp3) is 0.481. The van der Waals surface area contributed by atoms with E-state index in [1.807, 2.05) is 12.1 Å². The lowest BCUT2D eigenvalue weighted by Gasteiger charge is -2.25. The summed E-state index contributed by atoms with van der Waals surface area (Å²) < 4.78 is 60.7. The lowest BCUT2D eigenvalue weighted by molar-refractivity contribution is -0.146. The van der Waals surface area contributed by atoms with E-state index in [9.17, 15) is 22.2 Å². The minimum Gasteiger partial charge on any atom is -0.473 e. The number of rotatable bonds is 8. The van der Waals surface area contributed by atoms with Gasteiger partial charge in [-0.3, -0.25) is 4.79 Å². The van der Waals surface area contributed by atoms with Crippen LogP contribution in [-0.2, 0) is 11.0 Å². The fourth-order valence-corrected chi connectivity index (χ4v) is 6.81. The molecule has 2 fully saturated rings. The zero-order chi connectivity index (χ0) is 26.9. The van der Waals surface area contributed by atoms with Gasteiger partial charge in [0.25, 0.3) is 5.91 Å². The van der Waals surface area contributed by atoms with Gasteiger partial charge in [0.15, 0.2) is 5.01 Å². The predicted octanol–water partition coefficient (Wildman–Crippen LogP) is 6.52. The molecule has 2 unspecified atom stereocenters. The Hall–Kier alpha value is -2.50. The summed E-state index contributed by atoms with van der Waals surface area (Å²) in [5, 5.41) is 4.60. The number of amides is 1. The molecule has 2 aromatic carbocycles. The lowest BCUT2D eigenvalue weighted by atomic mass is 9.93. The van der Waals surface area contributed by atoms with E-state index in [1.54, 1.807) is 24.3 Å². The number of carbonyl (C=O) groups excluding carboxylic acids is 1. The molecule has 2 saturated carbocycles. The molecular formula is C27H30F3N3O3S2. The number of nitrogens with one attached hydrogen (secondary N) is 2. The highest BCUT2D eigenvalue weighted by Gasteiger charge is 2.37. The van der Waals surface area contributed by atoms with Crippen molar-refractivity contribution >= 4 is 39.0 Å². The Kier molecular flexibility index (Phi) is 8.06. The van der Waals surface area contributed by atoms with Gasteiger partial charge in [0.1, 0.15) is 23.1 Å². The van der Waals surface area contributed by atoms with Crippen LogP contribution in [0.5, 0.6) is 5.88 Å². The molecule has 2 aliphatic rings. The molecule has 0 saturated heterocycles. The minimum absolute atomic E-state index is 0.0123. The third kappa shape index (κ3) is 5.89. The van der Waals surface area contributed by atoms with Gasteiger partial charge < -0.3 is 10.1 Å². The molecule has 2 N–H and O–H groups in total. The molecule has 3 aromatic rings. The summed E-state index contributed by atoms with van der Waals surface area (Å²) in [6.45, 7) is 0.941. The monoisotopic (exact) mass is 565 g/mol. The van der Waals surface area contributed by atoms with Crippen molar-refractivity contribution < 1.29 is 26.9 Å². The molecule has 11 heteroatoms. The van der Waals surface area contributed by atoms with Gasteiger partial charge in [-0.1, -0.05) is 36.8 Å². The number of nitrogens with zero attached hydrogens (tertiary/aromatic N) is 1. The maximum absolute atomic E-state index is 13.1. The van der Waals surface area contributed by atoms with Crippen LogP contribution < -0.4 is 14.8 Å². The summed E-state index contributed by atoms with van der Waals surface area (Å²) in [7, 11) is -2.09. The normalized spacial score (nSPS) is 18.6. The van der Waals surface area contributed by atoms with E-state index < -0.39 is 23.2 Å². The third-order valence-electron chi connectivity index (χ3n) is 7.16. The first kappa shape index (κ1) is 27.1. The molecule has 0 spiro atoms. The van der Waals surface area contributed by atoms with E-state index in [0.717, 1.165) is 57.4 Å². The van der Waals surface area contributed by atoms with Crippen molar-refractivity contribution in [2.45, 2.75) is 87.5 Å². The van der Waals surface area contributed by atoms with Gasteiger partial charge in [0.2, 0.25) is 5.88 Å². The van der Waals surface area contributed by atoms with Gasteiger partial charge in [-0.05, 0) is 68.7 Å². The molecule has 1 heterocycles. The van der Waals surface area contributed by atoms with Crippen molar-refractivity contribution in [2.24, 2.45) is 0 Å². The number of benzene rings is 2. The zero-order valence-electron chi connectivity index (χ0n) is 21.0. The molecule has 2 aliphatic carbocycles. The largest absolute Gasteiger partial charge is 0.473 e. The molecule has 1 aromatic heterocycles. The lowest BCUT2D eigenvalue weighted by Crippen LogP contribution is -2.40. The second-order valence-electron chi connectivity index (χ2n) is 9.94. The Morgan fingerprint density at radius 1 is 1.05 bits per heavy atom. The summed E-state index contributed by atoms with van der Waals surface area (Å²) in [6, 6.07) is 8.66. The topological polar surface area (TPSA) is 80.3 Å². The predicted molar refractivity (Wildman–Crippen MR) is 143 cm³/mol. The highest BCUT2D eigenvalue weighted by molar-refractivity contribution is 7.83. The van der Waals surface area contributed by atoms with E-state index in [1.165, 1.54) is 17.8 Å². The molecule has 0 radical (unpaired) electrons. The number of ether oxygens (including phenoxy) is 1. The van der Waals surface area contributed by atoms with Crippen LogP contribution in [0.3, 0.4) is 0 Å². The average molecular weight is 566 g/mol. The molecule has 0 aliphatic heterocycles. The summed E-state index contributed by atoms with van der Waals surface area (Å²) in [6.07, 6.45) is 3.67. The van der Waals surface area contributed by atoms with Crippen molar-refractivity contribution in [3.63, 3.8) is 0 Å². The van der Waals surface area contributed by atoms with Gasteiger partial charge in [-0.25, -0.2) is 8.93 Å². The van der Waals surface area contributed by atoms with Crippen molar-refractivity contribution in [1.29, 1.82) is 0 Å². The van der Waals surface area contributed by atoms with Crippen LogP contribution in [0.25, 0.3) is 21.2 Å². The Balaban J connectivity index is 1.53. The molecular weight excluding hydrogens is 535 g/mol. The third-order valence-corrected chi connectivity index (χ3v) is 9.56. The molecule has 2 atom stereocenters. The van der Waals surface area contributed by atoms with Gasteiger partial charge in [-0.2, -0.15) is 18.2 Å². The number of carbonyl (C=O) groups is 1. The Morgan fingerprint density at radius 3 is 2.42 bits per heavy atom. The van der Waals surface area contributed by atoms with E-state index >= 15 is 0 Å². The van der Waals surface area contributed by atoms with Crippen molar-refractivity contribution in [1.82, 2.24) is 15.0 Å². The smallest absolute Gasteiger partial charge is 0.404 e. The van der Waals surface area contributed by atoms with Crippen molar-refractivity contribution in [2.75, 3.05) is 0 Å². The average Bonchev–Trinajstić information content (AvgIpc) is 3.29. The van der Waals surface area contributed by atoms with Gasteiger partial charge >= 0.3 is 6.18 Å². The number of halogens is 3. The first-order valence-electron chi connectivity index (χ1n) is 13.0. The molecule has 38 heavy (non-hydrogen) atoms. The maximum Gasteiger partial charge on any atom is 0.404 e. The summed E-state index contributed by atoms with van der Waals surface area (Å²) >= 11 is 1.24. The second-order valence-corrected chi connectivity index (χ2v) is 12.2. The van der Waals surface area contributed by atoms with Crippen LogP contribution in [-0.4, -0.2) is 39.5 Å². The zero-order valence-corrected chi connectivity index (χ0v) is 22.6. The van der Waals surface area contributed by atoms with Crippen molar-refractivity contribution in [3.8, 4) is 16.3 Å². The van der Waals surface area contributed by atoms with E-state index in [-0.39, 0.29) is 22.9 Å². The number of hydrogen-bond donors (Lipinski definition) is 2. The standard InChI is InChI=1S/C27H30F3N3O3S2/c1-16(27(28,29)30)33-38(35)22-15-14-21(19-12-5-6-13-20(19)22)23-25(36-18-10-3-2-4-11-18)32-26(37-23)24(34)31-17-8-7-9-17/h5-6,12-18,33H,2-4,7-11H2,1H3,(H,31,34). The number of thiazole rings is 1. The Bertz CT molecular complexity index is 1330. The van der Waals surface area contributed by atoms with E-state index in [4.69, 9.17) is 4.74 Å². The highest BCUT2D eigenvalue weighted by Crippen LogP contribution is 2.42. The number of alkyl halides is 3. The van der Waals surface area contributed by atoms with Gasteiger partial charge in [0.05, 0.1) is 9.77 Å². The van der Waals surface area contributed by atoms with E-state index in [2.05, 4.69) is 15.0 Å². The Morgan fingerprint density at radius 2 is 1.76 bits per heavy atom. The summed E-state index contributed by atoms with van der Waals surface area (Å²) in [4.78, 5) is 18.5. The van der Waals surface area contributed by atoms with Crippen LogP contribution >= 0.6 is 11.3 Å². The SMILES string of the molecule is CC(NS(=O)c1ccc(-c2sc(C(=O)NC3CCC3)nc2OC2CCCCC2)c2ccccc12)C(F)(F)F. The van der Waals surface area contributed by atoms with Crippen molar-refractivity contribution in [3.05, 3.63) is 41.4 Å². The van der Waals surface area contributed by atoms with Gasteiger partial charge in [0, 0.05) is 11.6 Å². The summed E-state index contributed by atoms with van der Waals surface area (Å²) in [5.41, 5.74) is 0.733.